The molecule has 1 aliphatic heterocycles. The second kappa shape index (κ2) is 4.14. The third kappa shape index (κ3) is 1.95. The summed E-state index contributed by atoms with van der Waals surface area (Å²) in [5.74, 6) is -2.04. The number of phenolic OH excluding ortho intramolecular Hbond substituents is 1. The van der Waals surface area contributed by atoms with E-state index in [0.717, 1.165) is 31.5 Å². The third-order valence-electron chi connectivity index (χ3n) is 2.81. The molecule has 2 N–H and O–H groups in total. The quantitative estimate of drug-likeness (QED) is 0.749. The van der Waals surface area contributed by atoms with Crippen molar-refractivity contribution in [1.29, 1.82) is 0 Å². The fourth-order valence-corrected chi connectivity index (χ4v) is 2.03. The molecule has 82 valence electrons. The van der Waals surface area contributed by atoms with Gasteiger partial charge in [0.25, 0.3) is 0 Å². The molecule has 1 heterocycles. The first-order chi connectivity index (χ1) is 7.20. The van der Waals surface area contributed by atoms with Crippen LogP contribution in [0.3, 0.4) is 0 Å². The molecule has 0 saturated carbocycles. The highest BCUT2D eigenvalue weighted by Crippen LogP contribution is 2.31. The van der Waals surface area contributed by atoms with Crippen LogP contribution in [0.1, 0.15) is 24.3 Å². The molecular formula is C11H13F2NO. The summed E-state index contributed by atoms with van der Waals surface area (Å²) < 4.78 is 27.0. The van der Waals surface area contributed by atoms with Crippen LogP contribution in [0.5, 0.6) is 5.75 Å². The summed E-state index contributed by atoms with van der Waals surface area (Å²) in [6.07, 6.45) is 1.66. The van der Waals surface area contributed by atoms with Gasteiger partial charge in [0.1, 0.15) is 5.82 Å². The van der Waals surface area contributed by atoms with E-state index in [-0.39, 0.29) is 11.5 Å². The predicted octanol–water partition coefficient (Wildman–Crippen LogP) is 2.14. The zero-order valence-electron chi connectivity index (χ0n) is 8.26. The maximum absolute atomic E-state index is 13.5. The number of phenols is 1. The van der Waals surface area contributed by atoms with E-state index in [4.69, 9.17) is 0 Å². The van der Waals surface area contributed by atoms with Crippen molar-refractivity contribution in [3.8, 4) is 5.75 Å². The van der Waals surface area contributed by atoms with Gasteiger partial charge < -0.3 is 10.4 Å². The van der Waals surface area contributed by atoms with Crippen molar-refractivity contribution >= 4 is 0 Å². The van der Waals surface area contributed by atoms with Crippen LogP contribution in [0, 0.1) is 11.6 Å². The number of aromatic hydroxyl groups is 1. The molecule has 0 bridgehead atoms. The number of piperidine rings is 1. The molecule has 4 heteroatoms. The lowest BCUT2D eigenvalue weighted by molar-refractivity contribution is 0.395. The molecule has 1 aromatic carbocycles. The molecule has 2 nitrogen and oxygen atoms in total. The fraction of sp³-hybridized carbons (Fsp3) is 0.455. The highest BCUT2D eigenvalue weighted by Gasteiger charge is 2.23. The van der Waals surface area contributed by atoms with E-state index in [1.807, 2.05) is 0 Å². The number of hydrogen-bond acceptors (Lipinski definition) is 2. The number of rotatable bonds is 1. The highest BCUT2D eigenvalue weighted by atomic mass is 19.1. The Morgan fingerprint density at radius 1 is 1.33 bits per heavy atom. The molecule has 0 amide bonds. The van der Waals surface area contributed by atoms with Crippen molar-refractivity contribution < 1.29 is 13.9 Å². The highest BCUT2D eigenvalue weighted by molar-refractivity contribution is 5.34. The Balaban J connectivity index is 2.36. The van der Waals surface area contributed by atoms with Gasteiger partial charge in [-0.15, -0.1) is 0 Å². The minimum absolute atomic E-state index is 0.0159. The van der Waals surface area contributed by atoms with Gasteiger partial charge in [-0.25, -0.2) is 8.78 Å². The predicted molar refractivity (Wildman–Crippen MR) is 52.9 cm³/mol. The minimum Gasteiger partial charge on any atom is -0.505 e. The fourth-order valence-electron chi connectivity index (χ4n) is 2.03. The van der Waals surface area contributed by atoms with Gasteiger partial charge in [0, 0.05) is 18.0 Å². The molecule has 1 fully saturated rings. The van der Waals surface area contributed by atoms with E-state index >= 15 is 0 Å². The van der Waals surface area contributed by atoms with Crippen LogP contribution in [-0.4, -0.2) is 18.2 Å². The van der Waals surface area contributed by atoms with E-state index in [9.17, 15) is 13.9 Å². The Hall–Kier alpha value is -1.16. The van der Waals surface area contributed by atoms with Gasteiger partial charge in [-0.05, 0) is 31.5 Å². The number of nitrogens with one attached hydrogen (secondary N) is 1. The van der Waals surface area contributed by atoms with Gasteiger partial charge >= 0.3 is 0 Å². The van der Waals surface area contributed by atoms with Gasteiger partial charge in [0.15, 0.2) is 11.6 Å². The first kappa shape index (κ1) is 10.4. The van der Waals surface area contributed by atoms with Gasteiger partial charge in [-0.1, -0.05) is 0 Å². The second-order valence-electron chi connectivity index (χ2n) is 3.84. The Kier molecular flexibility index (Phi) is 2.86. The van der Waals surface area contributed by atoms with Crippen LogP contribution >= 0.6 is 0 Å². The van der Waals surface area contributed by atoms with Crippen LogP contribution < -0.4 is 5.32 Å². The van der Waals surface area contributed by atoms with Crippen molar-refractivity contribution in [3.63, 3.8) is 0 Å². The monoisotopic (exact) mass is 213 g/mol. The Morgan fingerprint density at radius 3 is 2.80 bits per heavy atom. The molecule has 1 atom stereocenters. The van der Waals surface area contributed by atoms with E-state index in [1.165, 1.54) is 0 Å². The van der Waals surface area contributed by atoms with Crippen molar-refractivity contribution in [1.82, 2.24) is 5.32 Å². The average molecular weight is 213 g/mol. The van der Waals surface area contributed by atoms with Gasteiger partial charge in [-0.3, -0.25) is 0 Å². The van der Waals surface area contributed by atoms with E-state index in [1.54, 1.807) is 0 Å². The molecule has 1 unspecified atom stereocenters. The molecule has 1 saturated heterocycles. The van der Waals surface area contributed by atoms with Crippen molar-refractivity contribution in [2.75, 3.05) is 13.1 Å². The molecule has 1 aromatic rings. The summed E-state index contributed by atoms with van der Waals surface area (Å²) in [5, 5.41) is 12.3. The zero-order valence-corrected chi connectivity index (χ0v) is 8.26. The van der Waals surface area contributed by atoms with Crippen molar-refractivity contribution in [2.45, 2.75) is 18.8 Å². The Labute approximate surface area is 86.9 Å². The van der Waals surface area contributed by atoms with E-state index < -0.39 is 17.4 Å². The molecule has 0 aliphatic carbocycles. The molecule has 15 heavy (non-hydrogen) atoms. The van der Waals surface area contributed by atoms with Gasteiger partial charge in [0.05, 0.1) is 0 Å². The van der Waals surface area contributed by atoms with Crippen LogP contribution in [-0.2, 0) is 0 Å². The topological polar surface area (TPSA) is 32.3 Å². The maximum Gasteiger partial charge on any atom is 0.171 e. The van der Waals surface area contributed by atoms with Crippen LogP contribution in [0.25, 0.3) is 0 Å². The number of hydrogen-bond donors (Lipinski definition) is 2. The van der Waals surface area contributed by atoms with Crippen molar-refractivity contribution in [2.24, 2.45) is 0 Å². The summed E-state index contributed by atoms with van der Waals surface area (Å²) in [6.45, 7) is 1.45. The number of benzene rings is 1. The summed E-state index contributed by atoms with van der Waals surface area (Å²) in [7, 11) is 0. The van der Waals surface area contributed by atoms with E-state index in [2.05, 4.69) is 5.32 Å². The lowest BCUT2D eigenvalue weighted by Gasteiger charge is -2.24. The lowest BCUT2D eigenvalue weighted by atomic mass is 9.90. The first-order valence-electron chi connectivity index (χ1n) is 5.07. The van der Waals surface area contributed by atoms with Crippen LogP contribution in [0.4, 0.5) is 8.78 Å². The molecule has 1 aliphatic rings. The summed E-state index contributed by atoms with van der Waals surface area (Å²) in [4.78, 5) is 0. The zero-order chi connectivity index (χ0) is 10.8. The molecule has 2 rings (SSSR count). The summed E-state index contributed by atoms with van der Waals surface area (Å²) >= 11 is 0. The first-order valence-corrected chi connectivity index (χ1v) is 5.07. The van der Waals surface area contributed by atoms with Gasteiger partial charge in [0.2, 0.25) is 0 Å². The van der Waals surface area contributed by atoms with Crippen molar-refractivity contribution in [3.05, 3.63) is 29.3 Å². The van der Waals surface area contributed by atoms with E-state index in [0.29, 0.717) is 6.54 Å². The smallest absolute Gasteiger partial charge is 0.171 e. The Morgan fingerprint density at radius 2 is 2.13 bits per heavy atom. The molecular weight excluding hydrogens is 200 g/mol. The SMILES string of the molecule is Oc1ccc(F)c(C2CCCNC2)c1F. The molecule has 0 spiro atoms. The van der Waals surface area contributed by atoms with Crippen LogP contribution in [0.2, 0.25) is 0 Å². The summed E-state index contributed by atoms with van der Waals surface area (Å²) in [6, 6.07) is 2.16. The normalized spacial score (nSPS) is 21.6. The average Bonchev–Trinajstić information content (AvgIpc) is 2.26. The largest absolute Gasteiger partial charge is 0.505 e. The maximum atomic E-state index is 13.5. The Bertz CT molecular complexity index is 362. The summed E-state index contributed by atoms with van der Waals surface area (Å²) in [5.41, 5.74) is 0.0159. The lowest BCUT2D eigenvalue weighted by Crippen LogP contribution is -2.29. The molecule has 0 aromatic heterocycles. The van der Waals surface area contributed by atoms with Gasteiger partial charge in [-0.2, -0.15) is 0 Å². The standard InChI is InChI=1S/C11H13F2NO/c12-8-3-4-9(15)11(13)10(8)7-2-1-5-14-6-7/h3-4,7,14-15H,1-2,5-6H2. The molecule has 0 radical (unpaired) electrons. The third-order valence-corrected chi connectivity index (χ3v) is 2.81. The minimum atomic E-state index is -0.816. The second-order valence-corrected chi connectivity index (χ2v) is 3.84. The number of halogens is 2. The van der Waals surface area contributed by atoms with Crippen LogP contribution in [0.15, 0.2) is 12.1 Å².